The minimum Gasteiger partial charge on any atom is -0.486 e. The topological polar surface area (TPSA) is 64.8 Å². The Hall–Kier alpha value is -3.33. The molecule has 2 aliphatic rings. The first kappa shape index (κ1) is 26.3. The number of rotatable bonds is 8. The first-order valence-corrected chi connectivity index (χ1v) is 13.0. The largest absolute Gasteiger partial charge is 0.486 e. The number of aromatic nitrogens is 1. The van der Waals surface area contributed by atoms with Crippen molar-refractivity contribution in [2.75, 3.05) is 20.2 Å². The molecule has 2 heterocycles. The number of carbonyl (C=O) groups excluding carboxylic acids is 1. The van der Waals surface area contributed by atoms with E-state index >= 15 is 0 Å². The van der Waals surface area contributed by atoms with E-state index in [0.717, 1.165) is 49.0 Å². The standard InChI is InChI=1S/C29H31F3N2O4/c1-36-28(35)17-23(26-13-16-37-33-26)19-5-7-20(8-6-19)38-27-12-10-21-22(27)9-11-25(29(30,31)32)24(21)18-34-14-3-2-4-15-34/h5-9,11,13,16,23,27H,2-4,10,12,14-15,17-18H2,1H3/t23-,27+/m0/s1. The van der Waals surface area contributed by atoms with Crippen LogP contribution in [0.15, 0.2) is 53.3 Å². The second-order valence-electron chi connectivity index (χ2n) is 9.97. The van der Waals surface area contributed by atoms with Crippen LogP contribution >= 0.6 is 0 Å². The third-order valence-corrected chi connectivity index (χ3v) is 7.58. The lowest BCUT2D eigenvalue weighted by Crippen LogP contribution is -2.30. The lowest BCUT2D eigenvalue weighted by Gasteiger charge is -2.29. The summed E-state index contributed by atoms with van der Waals surface area (Å²) < 4.78 is 57.9. The molecule has 0 bridgehead atoms. The second kappa shape index (κ2) is 11.2. The Balaban J connectivity index is 1.36. The summed E-state index contributed by atoms with van der Waals surface area (Å²) in [4.78, 5) is 14.1. The summed E-state index contributed by atoms with van der Waals surface area (Å²) in [6.45, 7) is 1.99. The molecule has 0 unspecified atom stereocenters. The highest BCUT2D eigenvalue weighted by molar-refractivity contribution is 5.71. The van der Waals surface area contributed by atoms with Crippen LogP contribution in [0.1, 0.15) is 77.6 Å². The minimum absolute atomic E-state index is 0.112. The van der Waals surface area contributed by atoms with Crippen LogP contribution < -0.4 is 4.74 Å². The highest BCUT2D eigenvalue weighted by atomic mass is 19.4. The summed E-state index contributed by atoms with van der Waals surface area (Å²) in [5.41, 5.74) is 2.95. The molecule has 0 amide bonds. The minimum atomic E-state index is -4.39. The number of carbonyl (C=O) groups is 1. The summed E-state index contributed by atoms with van der Waals surface area (Å²) in [5.74, 6) is -0.0823. The zero-order chi connectivity index (χ0) is 26.7. The molecule has 1 aliphatic heterocycles. The Labute approximate surface area is 219 Å². The van der Waals surface area contributed by atoms with Crippen LogP contribution in [0.2, 0.25) is 0 Å². The van der Waals surface area contributed by atoms with Crippen LogP contribution in [0.3, 0.4) is 0 Å². The van der Waals surface area contributed by atoms with Gasteiger partial charge in [0, 0.05) is 18.5 Å². The number of methoxy groups -OCH3 is 1. The van der Waals surface area contributed by atoms with E-state index in [9.17, 15) is 18.0 Å². The fourth-order valence-corrected chi connectivity index (χ4v) is 5.64. The molecule has 1 aromatic heterocycles. The number of piperidine rings is 1. The maximum absolute atomic E-state index is 13.9. The number of fused-ring (bicyclic) bond motifs is 1. The van der Waals surface area contributed by atoms with Gasteiger partial charge in [-0.1, -0.05) is 29.8 Å². The summed E-state index contributed by atoms with van der Waals surface area (Å²) in [6, 6.07) is 11.9. The molecule has 9 heteroatoms. The molecule has 2 atom stereocenters. The summed E-state index contributed by atoms with van der Waals surface area (Å²) in [6.07, 6.45) is 1.21. The molecule has 0 spiro atoms. The Morgan fingerprint density at radius 2 is 1.87 bits per heavy atom. The predicted octanol–water partition coefficient (Wildman–Crippen LogP) is 6.44. The number of esters is 1. The van der Waals surface area contributed by atoms with Crippen molar-refractivity contribution in [3.63, 3.8) is 0 Å². The van der Waals surface area contributed by atoms with Gasteiger partial charge >= 0.3 is 12.1 Å². The molecule has 6 nitrogen and oxygen atoms in total. The smallest absolute Gasteiger partial charge is 0.416 e. The van der Waals surface area contributed by atoms with Crippen LogP contribution in [0.25, 0.3) is 0 Å². The first-order chi connectivity index (χ1) is 18.3. The number of nitrogens with zero attached hydrogens (tertiary/aromatic N) is 2. The number of hydrogen-bond donors (Lipinski definition) is 0. The third-order valence-electron chi connectivity index (χ3n) is 7.58. The predicted molar refractivity (Wildman–Crippen MR) is 134 cm³/mol. The molecule has 0 radical (unpaired) electrons. The van der Waals surface area contributed by atoms with Crippen molar-refractivity contribution in [3.05, 3.63) is 82.2 Å². The fraction of sp³-hybridized carbons (Fsp3) is 0.448. The average molecular weight is 529 g/mol. The second-order valence-corrected chi connectivity index (χ2v) is 9.97. The number of alkyl halides is 3. The van der Waals surface area contributed by atoms with Crippen molar-refractivity contribution in [2.45, 2.75) is 63.3 Å². The molecular weight excluding hydrogens is 497 g/mol. The van der Waals surface area contributed by atoms with Gasteiger partial charge in [-0.05, 0) is 79.2 Å². The highest BCUT2D eigenvalue weighted by Gasteiger charge is 2.38. The SMILES string of the molecule is COC(=O)C[C@@H](c1ccc(O[C@@H]2CCc3c2ccc(C(F)(F)F)c3CN2CCCCC2)cc1)c1ccon1. The molecule has 1 fully saturated rings. The molecule has 3 aromatic rings. The lowest BCUT2D eigenvalue weighted by atomic mass is 9.92. The average Bonchev–Trinajstić information content (AvgIpc) is 3.59. The number of ether oxygens (including phenoxy) is 2. The molecule has 0 saturated carbocycles. The van der Waals surface area contributed by atoms with Crippen molar-refractivity contribution >= 4 is 5.97 Å². The Bertz CT molecular complexity index is 1240. The van der Waals surface area contributed by atoms with Crippen molar-refractivity contribution in [1.29, 1.82) is 0 Å². The summed E-state index contributed by atoms with van der Waals surface area (Å²) in [7, 11) is 1.34. The Morgan fingerprint density at radius 3 is 2.53 bits per heavy atom. The molecule has 202 valence electrons. The quantitative estimate of drug-likeness (QED) is 0.314. The van der Waals surface area contributed by atoms with E-state index < -0.39 is 11.7 Å². The van der Waals surface area contributed by atoms with Gasteiger partial charge in [-0.2, -0.15) is 13.2 Å². The lowest BCUT2D eigenvalue weighted by molar-refractivity contribution is -0.141. The van der Waals surface area contributed by atoms with Crippen LogP contribution in [-0.4, -0.2) is 36.2 Å². The maximum atomic E-state index is 13.9. The van der Waals surface area contributed by atoms with Gasteiger partial charge in [0.2, 0.25) is 0 Å². The molecule has 2 aromatic carbocycles. The van der Waals surface area contributed by atoms with Gasteiger partial charge in [0.15, 0.2) is 0 Å². The van der Waals surface area contributed by atoms with Crippen LogP contribution in [0.4, 0.5) is 13.2 Å². The Morgan fingerprint density at radius 1 is 1.11 bits per heavy atom. The van der Waals surface area contributed by atoms with Crippen LogP contribution in [0, 0.1) is 0 Å². The molecular formula is C29H31F3N2O4. The zero-order valence-corrected chi connectivity index (χ0v) is 21.3. The molecule has 0 N–H and O–H groups in total. The van der Waals surface area contributed by atoms with Gasteiger partial charge in [-0.25, -0.2) is 0 Å². The number of benzene rings is 2. The van der Waals surface area contributed by atoms with E-state index in [0.29, 0.717) is 36.4 Å². The van der Waals surface area contributed by atoms with Crippen LogP contribution in [-0.2, 0) is 28.7 Å². The maximum Gasteiger partial charge on any atom is 0.416 e. The van der Waals surface area contributed by atoms with Gasteiger partial charge in [0.1, 0.15) is 18.1 Å². The number of likely N-dealkylation sites (tertiary alicyclic amines) is 1. The van der Waals surface area contributed by atoms with E-state index in [1.54, 1.807) is 12.1 Å². The Kier molecular flexibility index (Phi) is 7.74. The van der Waals surface area contributed by atoms with Gasteiger partial charge in [-0.15, -0.1) is 0 Å². The molecule has 5 rings (SSSR count). The summed E-state index contributed by atoms with van der Waals surface area (Å²) >= 11 is 0. The number of hydrogen-bond acceptors (Lipinski definition) is 6. The van der Waals surface area contributed by atoms with E-state index in [4.69, 9.17) is 14.0 Å². The zero-order valence-electron chi connectivity index (χ0n) is 21.3. The van der Waals surface area contributed by atoms with Gasteiger partial charge < -0.3 is 14.0 Å². The van der Waals surface area contributed by atoms with Crippen molar-refractivity contribution in [2.24, 2.45) is 0 Å². The normalized spacial score (nSPS) is 18.7. The van der Waals surface area contributed by atoms with Gasteiger partial charge in [0.05, 0.1) is 24.8 Å². The van der Waals surface area contributed by atoms with Crippen molar-refractivity contribution in [1.82, 2.24) is 10.1 Å². The van der Waals surface area contributed by atoms with E-state index in [2.05, 4.69) is 10.1 Å². The van der Waals surface area contributed by atoms with E-state index in [1.165, 1.54) is 19.4 Å². The molecule has 1 aliphatic carbocycles. The van der Waals surface area contributed by atoms with Gasteiger partial charge in [0.25, 0.3) is 0 Å². The molecule has 38 heavy (non-hydrogen) atoms. The monoisotopic (exact) mass is 528 g/mol. The number of halogens is 3. The summed E-state index contributed by atoms with van der Waals surface area (Å²) in [5, 5.41) is 3.99. The van der Waals surface area contributed by atoms with Gasteiger partial charge in [-0.3, -0.25) is 9.69 Å². The highest BCUT2D eigenvalue weighted by Crippen LogP contribution is 2.43. The van der Waals surface area contributed by atoms with Crippen molar-refractivity contribution < 1.29 is 32.0 Å². The molecule has 1 saturated heterocycles. The first-order valence-electron chi connectivity index (χ1n) is 13.0. The van der Waals surface area contributed by atoms with Crippen molar-refractivity contribution in [3.8, 4) is 5.75 Å². The van der Waals surface area contributed by atoms with Crippen LogP contribution in [0.5, 0.6) is 5.75 Å². The fourth-order valence-electron chi connectivity index (χ4n) is 5.64. The van der Waals surface area contributed by atoms with E-state index in [-0.39, 0.29) is 24.4 Å². The van der Waals surface area contributed by atoms with E-state index in [1.807, 2.05) is 24.3 Å². The third kappa shape index (κ3) is 5.72.